The van der Waals surface area contributed by atoms with Crippen LogP contribution >= 0.6 is 0 Å². The zero-order valence-electron chi connectivity index (χ0n) is 7.80. The van der Waals surface area contributed by atoms with Crippen LogP contribution in [0.1, 0.15) is 0 Å². The van der Waals surface area contributed by atoms with Gasteiger partial charge >= 0.3 is 0 Å². The van der Waals surface area contributed by atoms with Gasteiger partial charge in [-0.3, -0.25) is 4.98 Å². The van der Waals surface area contributed by atoms with Crippen LogP contribution in [-0.4, -0.2) is 28.4 Å². The van der Waals surface area contributed by atoms with Crippen molar-refractivity contribution in [3.8, 4) is 0 Å². The summed E-state index contributed by atoms with van der Waals surface area (Å²) >= 11 is 0. The lowest BCUT2D eigenvalue weighted by Gasteiger charge is -1.91. The number of aromatic nitrogens is 1. The molecular weight excluding hydrogens is 178 g/mol. The molecule has 0 spiro atoms. The fourth-order valence-electron chi connectivity index (χ4n) is 1.03. The van der Waals surface area contributed by atoms with E-state index in [9.17, 15) is 0 Å². The van der Waals surface area contributed by atoms with E-state index in [1.807, 2.05) is 30.6 Å². The lowest BCUT2D eigenvalue weighted by Crippen LogP contribution is -1.85. The van der Waals surface area contributed by atoms with Gasteiger partial charge in [-0.05, 0) is 16.8 Å². The topological polar surface area (TPSA) is 53.4 Å². The van der Waals surface area contributed by atoms with E-state index >= 15 is 0 Å². The van der Waals surface area contributed by atoms with E-state index in [0.29, 0.717) is 0 Å². The van der Waals surface area contributed by atoms with Gasteiger partial charge in [0.15, 0.2) is 0 Å². The van der Waals surface area contributed by atoms with Crippen LogP contribution in [0.4, 0.5) is 0 Å². The molecular formula is C11H13NO2. The second-order valence-electron chi connectivity index (χ2n) is 2.67. The lowest BCUT2D eigenvalue weighted by atomic mass is 10.2. The van der Waals surface area contributed by atoms with E-state index in [1.54, 1.807) is 0 Å². The molecule has 0 amide bonds. The summed E-state index contributed by atoms with van der Waals surface area (Å²) < 4.78 is 0. The summed E-state index contributed by atoms with van der Waals surface area (Å²) in [5.41, 5.74) is 0. The van der Waals surface area contributed by atoms with Crippen LogP contribution in [0.5, 0.6) is 0 Å². The molecule has 0 fully saturated rings. The first-order chi connectivity index (χ1) is 6.88. The summed E-state index contributed by atoms with van der Waals surface area (Å²) in [7, 11) is 0. The van der Waals surface area contributed by atoms with Gasteiger partial charge in [-0.1, -0.05) is 24.3 Å². The molecule has 14 heavy (non-hydrogen) atoms. The molecule has 74 valence electrons. The molecule has 0 saturated heterocycles. The largest absolute Gasteiger partial charge is 0.394 e. The number of hydrogen-bond donors (Lipinski definition) is 2. The molecule has 2 N–H and O–H groups in total. The Labute approximate surface area is 82.7 Å². The molecule has 1 aromatic carbocycles. The molecule has 0 aliphatic rings. The molecule has 2 aromatic rings. The Hall–Kier alpha value is -1.45. The van der Waals surface area contributed by atoms with Gasteiger partial charge in [-0.25, -0.2) is 0 Å². The molecule has 0 unspecified atom stereocenters. The second-order valence-corrected chi connectivity index (χ2v) is 2.67. The van der Waals surface area contributed by atoms with E-state index in [0.717, 1.165) is 0 Å². The van der Waals surface area contributed by atoms with Gasteiger partial charge in [0.2, 0.25) is 0 Å². The van der Waals surface area contributed by atoms with Crippen molar-refractivity contribution in [3.05, 3.63) is 42.7 Å². The Kier molecular flexibility index (Phi) is 4.61. The normalized spacial score (nSPS) is 9.29. The number of aliphatic hydroxyl groups excluding tert-OH is 2. The van der Waals surface area contributed by atoms with Crippen molar-refractivity contribution in [1.29, 1.82) is 0 Å². The quantitative estimate of drug-likeness (QED) is 0.712. The van der Waals surface area contributed by atoms with Crippen LogP contribution in [0, 0.1) is 0 Å². The summed E-state index contributed by atoms with van der Waals surface area (Å²) in [5.74, 6) is 0. The zero-order valence-corrected chi connectivity index (χ0v) is 7.80. The van der Waals surface area contributed by atoms with Crippen molar-refractivity contribution < 1.29 is 10.2 Å². The molecule has 0 atom stereocenters. The maximum absolute atomic E-state index is 7.62. The monoisotopic (exact) mass is 191 g/mol. The van der Waals surface area contributed by atoms with Crippen LogP contribution in [0.3, 0.4) is 0 Å². The Bertz CT molecular complexity index is 309. The number of pyridine rings is 1. The Morgan fingerprint density at radius 1 is 0.929 bits per heavy atom. The highest BCUT2D eigenvalue weighted by Crippen LogP contribution is 2.09. The molecule has 0 bridgehead atoms. The fourth-order valence-corrected chi connectivity index (χ4v) is 1.03. The Morgan fingerprint density at radius 3 is 2.14 bits per heavy atom. The summed E-state index contributed by atoms with van der Waals surface area (Å²) in [6, 6.07) is 10.2. The number of hydrogen-bond acceptors (Lipinski definition) is 3. The highest BCUT2D eigenvalue weighted by molar-refractivity contribution is 5.80. The Morgan fingerprint density at radius 2 is 1.57 bits per heavy atom. The van der Waals surface area contributed by atoms with Gasteiger partial charge in [-0.2, -0.15) is 0 Å². The minimum absolute atomic E-state index is 0.125. The van der Waals surface area contributed by atoms with Crippen molar-refractivity contribution in [2.24, 2.45) is 0 Å². The molecule has 0 aliphatic heterocycles. The molecule has 3 heteroatoms. The van der Waals surface area contributed by atoms with E-state index in [2.05, 4.69) is 17.1 Å². The Balaban J connectivity index is 0.000000213. The maximum atomic E-state index is 7.62. The smallest absolute Gasteiger partial charge is 0.0662 e. The van der Waals surface area contributed by atoms with Crippen molar-refractivity contribution >= 4 is 10.8 Å². The third-order valence-electron chi connectivity index (χ3n) is 1.65. The zero-order chi connectivity index (χ0) is 10.2. The number of rotatable bonds is 1. The van der Waals surface area contributed by atoms with Crippen molar-refractivity contribution in [2.75, 3.05) is 13.2 Å². The number of benzene rings is 1. The molecule has 1 heterocycles. The average Bonchev–Trinajstić information content (AvgIpc) is 2.30. The summed E-state index contributed by atoms with van der Waals surface area (Å²) in [5, 5.41) is 17.7. The number of aliphatic hydroxyl groups is 2. The van der Waals surface area contributed by atoms with Crippen LogP contribution in [0.25, 0.3) is 10.8 Å². The first-order valence-corrected chi connectivity index (χ1v) is 4.39. The van der Waals surface area contributed by atoms with E-state index < -0.39 is 0 Å². The van der Waals surface area contributed by atoms with E-state index in [1.165, 1.54) is 10.8 Å². The average molecular weight is 191 g/mol. The van der Waals surface area contributed by atoms with Crippen LogP contribution in [-0.2, 0) is 0 Å². The highest BCUT2D eigenvalue weighted by Gasteiger charge is 1.86. The standard InChI is InChI=1S/C9H7N.C2H6O2/c1-2-4-9-7-10-6-5-8(9)3-1;3-1-2-4/h1-7H;3-4H,1-2H2. The van der Waals surface area contributed by atoms with Gasteiger partial charge in [-0.15, -0.1) is 0 Å². The number of nitrogens with zero attached hydrogens (tertiary/aromatic N) is 1. The molecule has 2 rings (SSSR count). The molecule has 0 aliphatic carbocycles. The maximum Gasteiger partial charge on any atom is 0.0662 e. The lowest BCUT2D eigenvalue weighted by molar-refractivity contribution is 0.186. The SMILES string of the molecule is OCCO.c1ccc2cnccc2c1. The van der Waals surface area contributed by atoms with Gasteiger partial charge in [0, 0.05) is 12.4 Å². The van der Waals surface area contributed by atoms with Crippen molar-refractivity contribution in [1.82, 2.24) is 4.98 Å². The van der Waals surface area contributed by atoms with Crippen molar-refractivity contribution in [2.45, 2.75) is 0 Å². The molecule has 0 saturated carbocycles. The molecule has 3 nitrogen and oxygen atoms in total. The third-order valence-corrected chi connectivity index (χ3v) is 1.65. The molecule has 0 radical (unpaired) electrons. The first-order valence-electron chi connectivity index (χ1n) is 4.39. The predicted molar refractivity (Wildman–Crippen MR) is 55.9 cm³/mol. The highest BCUT2D eigenvalue weighted by atomic mass is 16.3. The fraction of sp³-hybridized carbons (Fsp3) is 0.182. The summed E-state index contributed by atoms with van der Waals surface area (Å²) in [6.45, 7) is -0.250. The second kappa shape index (κ2) is 6.07. The first kappa shape index (κ1) is 10.6. The van der Waals surface area contributed by atoms with Crippen molar-refractivity contribution in [3.63, 3.8) is 0 Å². The van der Waals surface area contributed by atoms with Gasteiger partial charge < -0.3 is 10.2 Å². The number of fused-ring (bicyclic) bond motifs is 1. The minimum Gasteiger partial charge on any atom is -0.394 e. The summed E-state index contributed by atoms with van der Waals surface area (Å²) in [4.78, 5) is 4.01. The van der Waals surface area contributed by atoms with E-state index in [-0.39, 0.29) is 13.2 Å². The van der Waals surface area contributed by atoms with Gasteiger partial charge in [0.05, 0.1) is 13.2 Å². The van der Waals surface area contributed by atoms with Crippen LogP contribution in [0.15, 0.2) is 42.7 Å². The predicted octanol–water partition coefficient (Wildman–Crippen LogP) is 1.21. The molecule has 1 aromatic heterocycles. The van der Waals surface area contributed by atoms with Crippen LogP contribution in [0.2, 0.25) is 0 Å². The van der Waals surface area contributed by atoms with E-state index in [4.69, 9.17) is 10.2 Å². The summed E-state index contributed by atoms with van der Waals surface area (Å²) in [6.07, 6.45) is 3.68. The van der Waals surface area contributed by atoms with Crippen LogP contribution < -0.4 is 0 Å². The third kappa shape index (κ3) is 3.12. The van der Waals surface area contributed by atoms with Gasteiger partial charge in [0.1, 0.15) is 0 Å². The minimum atomic E-state index is -0.125. The van der Waals surface area contributed by atoms with Gasteiger partial charge in [0.25, 0.3) is 0 Å².